The molecule has 1 aliphatic heterocycles. The Hall–Kier alpha value is -2.15. The highest BCUT2D eigenvalue weighted by Gasteiger charge is 2.27. The van der Waals surface area contributed by atoms with Crippen LogP contribution >= 0.6 is 0 Å². The maximum Gasteiger partial charge on any atom is 0.354 e. The first-order valence-corrected chi connectivity index (χ1v) is 6.39. The van der Waals surface area contributed by atoms with Crippen molar-refractivity contribution in [2.24, 2.45) is 0 Å². The molecule has 0 radical (unpaired) electrons. The normalized spacial score (nSPS) is 18.4. The molecule has 20 heavy (non-hydrogen) atoms. The first-order chi connectivity index (χ1) is 9.47. The minimum absolute atomic E-state index is 0.0446. The van der Waals surface area contributed by atoms with E-state index in [0.717, 1.165) is 13.0 Å². The molecule has 0 saturated carbocycles. The number of aromatic carboxylic acids is 1. The number of carboxylic acids is 1. The van der Waals surface area contributed by atoms with Gasteiger partial charge in [-0.2, -0.15) is 0 Å². The zero-order chi connectivity index (χ0) is 14.7. The lowest BCUT2D eigenvalue weighted by atomic mass is 10.2. The summed E-state index contributed by atoms with van der Waals surface area (Å²) < 4.78 is 0. The van der Waals surface area contributed by atoms with Crippen molar-refractivity contribution in [2.45, 2.75) is 12.5 Å². The number of rotatable bonds is 3. The quantitative estimate of drug-likeness (QED) is 0.859. The fourth-order valence-electron chi connectivity index (χ4n) is 2.14. The van der Waals surface area contributed by atoms with Gasteiger partial charge in [-0.25, -0.2) is 14.6 Å². The van der Waals surface area contributed by atoms with Gasteiger partial charge in [-0.3, -0.25) is 0 Å². The number of likely N-dealkylation sites (N-methyl/N-ethyl adjacent to an activating group) is 1. The lowest BCUT2D eigenvalue weighted by Crippen LogP contribution is -2.36. The van der Waals surface area contributed by atoms with E-state index in [9.17, 15) is 9.59 Å². The van der Waals surface area contributed by atoms with Gasteiger partial charge in [-0.15, -0.1) is 0 Å². The van der Waals surface area contributed by atoms with Crippen LogP contribution in [0.2, 0.25) is 0 Å². The second-order valence-electron chi connectivity index (χ2n) is 5.02. The molecule has 7 heteroatoms. The van der Waals surface area contributed by atoms with Crippen molar-refractivity contribution >= 4 is 17.7 Å². The van der Waals surface area contributed by atoms with Gasteiger partial charge in [-0.05, 0) is 32.6 Å². The summed E-state index contributed by atoms with van der Waals surface area (Å²) in [6.07, 6.45) is 2.30. The maximum atomic E-state index is 12.1. The number of urea groups is 1. The SMILES string of the molecule is CN(C)C1CCN(C(=O)Nc2ccc(C(=O)O)nc2)C1. The number of amides is 2. The minimum atomic E-state index is -1.09. The molecule has 2 rings (SSSR count). The molecule has 0 aromatic carbocycles. The molecule has 1 unspecified atom stereocenters. The van der Waals surface area contributed by atoms with Crippen molar-refractivity contribution in [2.75, 3.05) is 32.5 Å². The van der Waals surface area contributed by atoms with Crippen LogP contribution < -0.4 is 5.32 Å². The highest BCUT2D eigenvalue weighted by atomic mass is 16.4. The molecule has 1 aromatic heterocycles. The van der Waals surface area contributed by atoms with Crippen molar-refractivity contribution in [3.63, 3.8) is 0 Å². The van der Waals surface area contributed by atoms with E-state index in [4.69, 9.17) is 5.11 Å². The number of hydrogen-bond acceptors (Lipinski definition) is 4. The van der Waals surface area contributed by atoms with Gasteiger partial charge in [0.2, 0.25) is 0 Å². The Balaban J connectivity index is 1.93. The third-order valence-electron chi connectivity index (χ3n) is 3.41. The predicted molar refractivity (Wildman–Crippen MR) is 73.9 cm³/mol. The fourth-order valence-corrected chi connectivity index (χ4v) is 2.14. The molecular formula is C13H18N4O3. The van der Waals surface area contributed by atoms with Crippen LogP contribution in [0, 0.1) is 0 Å². The largest absolute Gasteiger partial charge is 0.477 e. The van der Waals surface area contributed by atoms with E-state index in [1.54, 1.807) is 4.90 Å². The molecule has 1 saturated heterocycles. The van der Waals surface area contributed by atoms with E-state index in [-0.39, 0.29) is 11.7 Å². The number of anilines is 1. The Kier molecular flexibility index (Phi) is 4.19. The molecule has 1 aromatic rings. The number of nitrogens with zero attached hydrogens (tertiary/aromatic N) is 3. The summed E-state index contributed by atoms with van der Waals surface area (Å²) in [5.41, 5.74) is 0.449. The van der Waals surface area contributed by atoms with Crippen LogP contribution in [0.15, 0.2) is 18.3 Å². The Bertz CT molecular complexity index is 501. The topological polar surface area (TPSA) is 85.8 Å². The van der Waals surface area contributed by atoms with E-state index in [2.05, 4.69) is 15.2 Å². The Morgan fingerprint density at radius 3 is 2.70 bits per heavy atom. The van der Waals surface area contributed by atoms with Crippen LogP contribution in [0.3, 0.4) is 0 Å². The third-order valence-corrected chi connectivity index (χ3v) is 3.41. The first kappa shape index (κ1) is 14.3. The number of carboxylic acid groups (broad SMARTS) is 1. The lowest BCUT2D eigenvalue weighted by Gasteiger charge is -2.20. The van der Waals surface area contributed by atoms with Gasteiger partial charge in [0, 0.05) is 19.1 Å². The Morgan fingerprint density at radius 2 is 2.20 bits per heavy atom. The maximum absolute atomic E-state index is 12.1. The second-order valence-corrected chi connectivity index (χ2v) is 5.02. The summed E-state index contributed by atoms with van der Waals surface area (Å²) in [5, 5.41) is 11.5. The highest BCUT2D eigenvalue weighted by Crippen LogP contribution is 2.15. The van der Waals surface area contributed by atoms with Gasteiger partial charge in [-0.1, -0.05) is 0 Å². The Morgan fingerprint density at radius 1 is 1.45 bits per heavy atom. The van der Waals surface area contributed by atoms with Gasteiger partial charge in [0.1, 0.15) is 5.69 Å². The smallest absolute Gasteiger partial charge is 0.354 e. The van der Waals surface area contributed by atoms with Gasteiger partial charge in [0.15, 0.2) is 0 Å². The van der Waals surface area contributed by atoms with Crippen LogP contribution in [0.5, 0.6) is 0 Å². The zero-order valence-electron chi connectivity index (χ0n) is 11.5. The van der Waals surface area contributed by atoms with Crippen LogP contribution in [0.25, 0.3) is 0 Å². The van der Waals surface area contributed by atoms with E-state index in [1.165, 1.54) is 18.3 Å². The van der Waals surface area contributed by atoms with Crippen molar-refractivity contribution in [3.05, 3.63) is 24.0 Å². The van der Waals surface area contributed by atoms with Crippen LogP contribution in [0.4, 0.5) is 10.5 Å². The van der Waals surface area contributed by atoms with Gasteiger partial charge in [0.05, 0.1) is 11.9 Å². The molecule has 0 bridgehead atoms. The van der Waals surface area contributed by atoms with Crippen LogP contribution in [-0.2, 0) is 0 Å². The molecular weight excluding hydrogens is 260 g/mol. The summed E-state index contributed by atoms with van der Waals surface area (Å²) in [6.45, 7) is 1.41. The molecule has 108 valence electrons. The number of pyridine rings is 1. The summed E-state index contributed by atoms with van der Waals surface area (Å²) in [5.74, 6) is -1.09. The number of carbonyl (C=O) groups is 2. The van der Waals surface area contributed by atoms with Crippen LogP contribution in [-0.4, -0.2) is 65.1 Å². The average molecular weight is 278 g/mol. The van der Waals surface area contributed by atoms with Crippen molar-refractivity contribution in [3.8, 4) is 0 Å². The molecule has 2 heterocycles. The molecule has 7 nitrogen and oxygen atoms in total. The number of aromatic nitrogens is 1. The molecule has 2 amide bonds. The number of nitrogens with one attached hydrogen (secondary N) is 1. The standard InChI is InChI=1S/C13H18N4O3/c1-16(2)10-5-6-17(8-10)13(20)15-9-3-4-11(12(18)19)14-7-9/h3-4,7,10H,5-6,8H2,1-2H3,(H,15,20)(H,18,19). The monoisotopic (exact) mass is 278 g/mol. The van der Waals surface area contributed by atoms with E-state index in [0.29, 0.717) is 18.3 Å². The molecule has 1 fully saturated rings. The summed E-state index contributed by atoms with van der Waals surface area (Å²) in [4.78, 5) is 30.3. The molecule has 0 spiro atoms. The number of hydrogen-bond donors (Lipinski definition) is 2. The summed E-state index contributed by atoms with van der Waals surface area (Å²) in [7, 11) is 4.00. The van der Waals surface area contributed by atoms with E-state index >= 15 is 0 Å². The number of carbonyl (C=O) groups excluding carboxylic acids is 1. The average Bonchev–Trinajstić information content (AvgIpc) is 2.89. The molecule has 0 aliphatic carbocycles. The van der Waals surface area contributed by atoms with Crippen molar-refractivity contribution in [1.29, 1.82) is 0 Å². The molecule has 1 aliphatic rings. The second kappa shape index (κ2) is 5.87. The van der Waals surface area contributed by atoms with E-state index < -0.39 is 5.97 Å². The third kappa shape index (κ3) is 3.24. The lowest BCUT2D eigenvalue weighted by molar-refractivity contribution is 0.0690. The van der Waals surface area contributed by atoms with Gasteiger partial charge in [0.25, 0.3) is 0 Å². The zero-order valence-corrected chi connectivity index (χ0v) is 11.5. The Labute approximate surface area is 117 Å². The summed E-state index contributed by atoms with van der Waals surface area (Å²) in [6, 6.07) is 3.10. The fraction of sp³-hybridized carbons (Fsp3) is 0.462. The van der Waals surface area contributed by atoms with Crippen molar-refractivity contribution < 1.29 is 14.7 Å². The highest BCUT2D eigenvalue weighted by molar-refractivity contribution is 5.90. The molecule has 2 N–H and O–H groups in total. The summed E-state index contributed by atoms with van der Waals surface area (Å²) >= 11 is 0. The van der Waals surface area contributed by atoms with Crippen molar-refractivity contribution in [1.82, 2.24) is 14.8 Å². The van der Waals surface area contributed by atoms with E-state index in [1.807, 2.05) is 14.1 Å². The predicted octanol–water partition coefficient (Wildman–Crippen LogP) is 0.948. The van der Waals surface area contributed by atoms with Gasteiger partial charge >= 0.3 is 12.0 Å². The number of likely N-dealkylation sites (tertiary alicyclic amines) is 1. The molecule has 1 atom stereocenters. The van der Waals surface area contributed by atoms with Crippen LogP contribution in [0.1, 0.15) is 16.9 Å². The van der Waals surface area contributed by atoms with Gasteiger partial charge < -0.3 is 20.2 Å². The minimum Gasteiger partial charge on any atom is -0.477 e. The first-order valence-electron chi connectivity index (χ1n) is 6.39.